The average Bonchev–Trinajstić information content (AvgIpc) is 3.00. The van der Waals surface area contributed by atoms with Crippen LogP contribution in [0.1, 0.15) is 71.0 Å². The van der Waals surface area contributed by atoms with E-state index in [-0.39, 0.29) is 17.1 Å². The number of aromatic nitrogens is 1. The van der Waals surface area contributed by atoms with E-state index in [0.717, 1.165) is 42.7 Å². The van der Waals surface area contributed by atoms with Crippen LogP contribution in [0, 0.1) is 12.8 Å². The number of carbonyl (C=O) groups excluding carboxylic acids is 1. The molecule has 0 N–H and O–H groups in total. The third-order valence-corrected chi connectivity index (χ3v) is 10.8. The molecule has 1 aromatic rings. The lowest BCUT2D eigenvalue weighted by molar-refractivity contribution is -0.110. The predicted octanol–water partition coefficient (Wildman–Crippen LogP) is 7.20. The van der Waals surface area contributed by atoms with Gasteiger partial charge < -0.3 is 9.22 Å². The maximum Gasteiger partial charge on any atom is 0.192 e. The molecule has 0 bridgehead atoms. The van der Waals surface area contributed by atoms with Gasteiger partial charge in [0, 0.05) is 11.3 Å². The summed E-state index contributed by atoms with van der Waals surface area (Å²) in [5.41, 5.74) is 2.25. The van der Waals surface area contributed by atoms with E-state index in [2.05, 4.69) is 69.4 Å². The molecule has 0 unspecified atom stereocenters. The molecule has 1 aromatic heterocycles. The van der Waals surface area contributed by atoms with E-state index in [1.807, 2.05) is 13.8 Å². The molecule has 0 aromatic carbocycles. The van der Waals surface area contributed by atoms with E-state index in [4.69, 9.17) is 4.43 Å². The van der Waals surface area contributed by atoms with Gasteiger partial charge in [-0.1, -0.05) is 39.8 Å². The van der Waals surface area contributed by atoms with Crippen molar-refractivity contribution in [1.82, 2.24) is 4.98 Å². The fraction of sp³-hybridized carbons (Fsp3) is 0.652. The van der Waals surface area contributed by atoms with Crippen molar-refractivity contribution < 1.29 is 9.22 Å². The van der Waals surface area contributed by atoms with E-state index in [0.29, 0.717) is 0 Å². The van der Waals surface area contributed by atoms with Crippen LogP contribution in [0.5, 0.6) is 0 Å². The van der Waals surface area contributed by atoms with Crippen molar-refractivity contribution in [3.63, 3.8) is 0 Å². The standard InChI is InChI=1S/C23H39NO2SSi/c1-18(16-25)13-11-9-10-12-14-22(26-28(7,8)23(4,5)6)19(2)15-21-17-27-20(3)24-21/h10,12,15-18,22H,9,11,13-14H2,1-8H3/b12-10-,19-15+/t18-,22-/m0/s1. The maximum absolute atomic E-state index is 10.7. The lowest BCUT2D eigenvalue weighted by Crippen LogP contribution is -2.44. The highest BCUT2D eigenvalue weighted by molar-refractivity contribution is 7.09. The Bertz CT molecular complexity index is 670. The van der Waals surface area contributed by atoms with Gasteiger partial charge in [0.05, 0.1) is 16.8 Å². The minimum atomic E-state index is -1.87. The fourth-order valence-corrected chi connectivity index (χ4v) is 4.51. The van der Waals surface area contributed by atoms with E-state index in [1.54, 1.807) is 11.3 Å². The largest absolute Gasteiger partial charge is 0.410 e. The van der Waals surface area contributed by atoms with E-state index in [9.17, 15) is 4.79 Å². The first-order valence-electron chi connectivity index (χ1n) is 10.3. The highest BCUT2D eigenvalue weighted by Gasteiger charge is 2.39. The fourth-order valence-electron chi connectivity index (χ4n) is 2.60. The minimum absolute atomic E-state index is 0.0769. The summed E-state index contributed by atoms with van der Waals surface area (Å²) in [6, 6.07) is 0. The van der Waals surface area contributed by atoms with E-state index < -0.39 is 8.32 Å². The minimum Gasteiger partial charge on any atom is -0.410 e. The Morgan fingerprint density at radius 1 is 1.32 bits per heavy atom. The lowest BCUT2D eigenvalue weighted by Gasteiger charge is -2.39. The molecule has 0 aliphatic heterocycles. The second-order valence-electron chi connectivity index (χ2n) is 9.30. The summed E-state index contributed by atoms with van der Waals surface area (Å²) >= 11 is 1.68. The van der Waals surface area contributed by atoms with Crippen molar-refractivity contribution in [1.29, 1.82) is 0 Å². The molecule has 1 heterocycles. The van der Waals surface area contributed by atoms with Gasteiger partial charge in [-0.3, -0.25) is 0 Å². The van der Waals surface area contributed by atoms with Gasteiger partial charge in [-0.25, -0.2) is 4.98 Å². The number of aryl methyl sites for hydroxylation is 1. The van der Waals surface area contributed by atoms with E-state index >= 15 is 0 Å². The SMILES string of the molecule is C/C(=C\c1csc(C)n1)[C@H](C/C=C\CCC[C@H](C)C=O)O[Si](C)(C)C(C)(C)C. The van der Waals surface area contributed by atoms with Gasteiger partial charge in [-0.2, -0.15) is 0 Å². The predicted molar refractivity (Wildman–Crippen MR) is 125 cm³/mol. The Labute approximate surface area is 177 Å². The summed E-state index contributed by atoms with van der Waals surface area (Å²) in [6.45, 7) is 17.6. The van der Waals surface area contributed by atoms with Crippen molar-refractivity contribution in [2.75, 3.05) is 0 Å². The van der Waals surface area contributed by atoms with Gasteiger partial charge in [-0.15, -0.1) is 11.3 Å². The van der Waals surface area contributed by atoms with Crippen molar-refractivity contribution in [3.8, 4) is 0 Å². The van der Waals surface area contributed by atoms with Gasteiger partial charge >= 0.3 is 0 Å². The number of rotatable bonds is 11. The molecule has 3 nitrogen and oxygen atoms in total. The molecule has 0 spiro atoms. The first-order valence-corrected chi connectivity index (χ1v) is 14.1. The Hall–Kier alpha value is -1.04. The van der Waals surface area contributed by atoms with Gasteiger partial charge in [0.15, 0.2) is 8.32 Å². The van der Waals surface area contributed by atoms with Crippen LogP contribution in [-0.4, -0.2) is 25.7 Å². The number of hydrogen-bond acceptors (Lipinski definition) is 4. The summed E-state index contributed by atoms with van der Waals surface area (Å²) < 4.78 is 6.75. The zero-order valence-electron chi connectivity index (χ0n) is 19.0. The molecule has 0 amide bonds. The van der Waals surface area contributed by atoms with Crippen LogP contribution in [0.4, 0.5) is 0 Å². The van der Waals surface area contributed by atoms with Gasteiger partial charge in [0.2, 0.25) is 0 Å². The number of nitrogens with zero attached hydrogens (tertiary/aromatic N) is 1. The summed E-state index contributed by atoms with van der Waals surface area (Å²) in [5.74, 6) is 0.162. The van der Waals surface area contributed by atoms with Crippen LogP contribution >= 0.6 is 11.3 Å². The van der Waals surface area contributed by atoms with E-state index in [1.165, 1.54) is 5.57 Å². The Morgan fingerprint density at radius 3 is 2.54 bits per heavy atom. The summed E-state index contributed by atoms with van der Waals surface area (Å²) in [4.78, 5) is 15.3. The number of aldehydes is 1. The van der Waals surface area contributed by atoms with Gasteiger partial charge in [-0.05, 0) is 69.3 Å². The Balaban J connectivity index is 2.83. The molecule has 1 rings (SSSR count). The molecule has 0 saturated heterocycles. The molecule has 0 fully saturated rings. The topological polar surface area (TPSA) is 39.2 Å². The van der Waals surface area contributed by atoms with Crippen LogP contribution in [-0.2, 0) is 9.22 Å². The number of carbonyl (C=O) groups is 1. The van der Waals surface area contributed by atoms with Gasteiger partial charge in [0.25, 0.3) is 0 Å². The van der Waals surface area contributed by atoms with Crippen LogP contribution in [0.3, 0.4) is 0 Å². The molecule has 5 heteroatoms. The maximum atomic E-state index is 10.7. The van der Waals surface area contributed by atoms with Crippen LogP contribution < -0.4 is 0 Å². The smallest absolute Gasteiger partial charge is 0.192 e. The van der Waals surface area contributed by atoms with Crippen molar-refractivity contribution in [2.24, 2.45) is 5.92 Å². The molecule has 0 saturated carbocycles. The van der Waals surface area contributed by atoms with Crippen LogP contribution in [0.2, 0.25) is 18.1 Å². The second-order valence-corrected chi connectivity index (χ2v) is 15.1. The summed E-state index contributed by atoms with van der Waals surface area (Å²) in [5, 5.41) is 3.37. The first-order chi connectivity index (χ1) is 13.0. The quantitative estimate of drug-likeness (QED) is 0.164. The molecule has 0 radical (unpaired) electrons. The number of thiazole rings is 1. The molecule has 2 atom stereocenters. The molecule has 0 aliphatic carbocycles. The Kier molecular flexibility index (Phi) is 10.0. The highest BCUT2D eigenvalue weighted by atomic mass is 32.1. The molecule has 0 aliphatic rings. The molecule has 28 heavy (non-hydrogen) atoms. The van der Waals surface area contributed by atoms with Crippen LogP contribution in [0.25, 0.3) is 6.08 Å². The summed E-state index contributed by atoms with van der Waals surface area (Å²) in [7, 11) is -1.87. The molecular formula is C23H39NO2SSi. The summed E-state index contributed by atoms with van der Waals surface area (Å²) in [6.07, 6.45) is 11.7. The number of unbranched alkanes of at least 4 members (excludes halogenated alkanes) is 1. The monoisotopic (exact) mass is 421 g/mol. The number of hydrogen-bond donors (Lipinski definition) is 0. The highest BCUT2D eigenvalue weighted by Crippen LogP contribution is 2.38. The van der Waals surface area contributed by atoms with Crippen LogP contribution in [0.15, 0.2) is 23.1 Å². The third-order valence-electron chi connectivity index (χ3n) is 5.54. The zero-order valence-corrected chi connectivity index (χ0v) is 20.9. The molecular weight excluding hydrogens is 382 g/mol. The normalized spacial score (nSPS) is 15.8. The van der Waals surface area contributed by atoms with Gasteiger partial charge in [0.1, 0.15) is 6.29 Å². The zero-order chi connectivity index (χ0) is 21.4. The second kappa shape index (κ2) is 11.2. The average molecular weight is 422 g/mol. The Morgan fingerprint density at radius 2 is 2.00 bits per heavy atom. The third kappa shape index (κ3) is 8.54. The lowest BCUT2D eigenvalue weighted by atomic mass is 10.0. The first kappa shape index (κ1) is 25.0. The van der Waals surface area contributed by atoms with Crippen molar-refractivity contribution in [3.05, 3.63) is 33.8 Å². The molecule has 158 valence electrons. The van der Waals surface area contributed by atoms with Crippen molar-refractivity contribution in [2.45, 2.75) is 91.5 Å². The van der Waals surface area contributed by atoms with Crippen molar-refractivity contribution >= 4 is 32.0 Å². The number of allylic oxidation sites excluding steroid dienone is 1.